The number of rotatable bonds is 3. The normalized spacial score (nSPS) is 17.0. The Bertz CT molecular complexity index is 900. The molecule has 0 spiro atoms. The first-order chi connectivity index (χ1) is 11.9. The number of benzene rings is 1. The lowest BCUT2D eigenvalue weighted by atomic mass is 10.1. The van der Waals surface area contributed by atoms with Crippen LogP contribution in [-0.4, -0.2) is 22.0 Å². The number of carbonyl (C=O) groups is 2. The number of nitriles is 1. The number of imide groups is 1. The average Bonchev–Trinajstić information content (AvgIpc) is 2.82. The molecular formula is C19H17N3O2S. The lowest BCUT2D eigenvalue weighted by Gasteiger charge is -2.15. The number of anilines is 1. The molecule has 0 unspecified atom stereocenters. The van der Waals surface area contributed by atoms with Crippen molar-refractivity contribution >= 4 is 29.3 Å². The molecule has 0 N–H and O–H groups in total. The summed E-state index contributed by atoms with van der Waals surface area (Å²) in [6.07, 6.45) is 0.108. The summed E-state index contributed by atoms with van der Waals surface area (Å²) >= 11 is 1.20. The largest absolute Gasteiger partial charge is 0.274 e. The number of aromatic nitrogens is 1. The number of hydrogen-bond acceptors (Lipinski definition) is 5. The number of aryl methyl sites for hydroxylation is 3. The minimum Gasteiger partial charge on any atom is -0.274 e. The van der Waals surface area contributed by atoms with E-state index >= 15 is 0 Å². The molecule has 126 valence electrons. The first-order valence-electron chi connectivity index (χ1n) is 7.89. The second kappa shape index (κ2) is 6.69. The molecule has 25 heavy (non-hydrogen) atoms. The highest BCUT2D eigenvalue weighted by Gasteiger charge is 2.40. The Morgan fingerprint density at radius 2 is 1.88 bits per heavy atom. The summed E-state index contributed by atoms with van der Waals surface area (Å²) in [6, 6.07) is 11.3. The van der Waals surface area contributed by atoms with Gasteiger partial charge in [-0.05, 0) is 44.5 Å². The molecule has 1 aromatic carbocycles. The quantitative estimate of drug-likeness (QED) is 0.793. The molecular weight excluding hydrogens is 334 g/mol. The Kier molecular flexibility index (Phi) is 4.60. The molecule has 6 heteroatoms. The molecule has 1 fully saturated rings. The van der Waals surface area contributed by atoms with E-state index < -0.39 is 5.25 Å². The van der Waals surface area contributed by atoms with Crippen LogP contribution in [0, 0.1) is 32.1 Å². The summed E-state index contributed by atoms with van der Waals surface area (Å²) < 4.78 is 0. The lowest BCUT2D eigenvalue weighted by Crippen LogP contribution is -2.31. The van der Waals surface area contributed by atoms with Crippen molar-refractivity contribution in [2.24, 2.45) is 0 Å². The van der Waals surface area contributed by atoms with Crippen LogP contribution in [0.5, 0.6) is 0 Å². The molecule has 0 bridgehead atoms. The van der Waals surface area contributed by atoms with Crippen LogP contribution >= 0.6 is 11.8 Å². The Labute approximate surface area is 150 Å². The van der Waals surface area contributed by atoms with E-state index in [1.807, 2.05) is 39.0 Å². The van der Waals surface area contributed by atoms with E-state index in [1.165, 1.54) is 16.7 Å². The smallest absolute Gasteiger partial charge is 0.247 e. The SMILES string of the molecule is Cc1ccc(N2C(=O)C[C@@H](Sc3nc(C)cc(C)c3C#N)C2=O)cc1. The second-order valence-corrected chi connectivity index (χ2v) is 7.28. The van der Waals surface area contributed by atoms with Crippen LogP contribution in [0.1, 0.15) is 28.8 Å². The van der Waals surface area contributed by atoms with Crippen LogP contribution in [0.2, 0.25) is 0 Å². The fourth-order valence-corrected chi connectivity index (χ4v) is 4.04. The van der Waals surface area contributed by atoms with E-state index in [0.717, 1.165) is 16.8 Å². The van der Waals surface area contributed by atoms with Crippen LogP contribution in [0.3, 0.4) is 0 Å². The maximum atomic E-state index is 12.7. The Balaban J connectivity index is 1.89. The van der Waals surface area contributed by atoms with Gasteiger partial charge in [-0.3, -0.25) is 9.59 Å². The number of carbonyl (C=O) groups excluding carboxylic acids is 2. The standard InChI is InChI=1S/C19H17N3O2S/c1-11-4-6-14(7-5-11)22-17(23)9-16(19(22)24)25-18-15(10-20)12(2)8-13(3)21-18/h4-8,16H,9H2,1-3H3/t16-/m1/s1. The number of pyridine rings is 1. The Morgan fingerprint density at radius 1 is 1.20 bits per heavy atom. The van der Waals surface area contributed by atoms with Crippen molar-refractivity contribution in [3.8, 4) is 6.07 Å². The fraction of sp³-hybridized carbons (Fsp3) is 0.263. The van der Waals surface area contributed by atoms with Gasteiger partial charge in [0.1, 0.15) is 11.1 Å². The third-order valence-electron chi connectivity index (χ3n) is 4.07. The molecule has 1 atom stereocenters. The van der Waals surface area contributed by atoms with Gasteiger partial charge >= 0.3 is 0 Å². The van der Waals surface area contributed by atoms with Gasteiger partial charge in [0.2, 0.25) is 11.8 Å². The van der Waals surface area contributed by atoms with Crippen LogP contribution in [0.25, 0.3) is 0 Å². The van der Waals surface area contributed by atoms with E-state index in [2.05, 4.69) is 11.1 Å². The summed E-state index contributed by atoms with van der Waals surface area (Å²) in [6.45, 7) is 5.64. The van der Waals surface area contributed by atoms with Crippen LogP contribution in [-0.2, 0) is 9.59 Å². The number of amides is 2. The highest BCUT2D eigenvalue weighted by atomic mass is 32.2. The summed E-state index contributed by atoms with van der Waals surface area (Å²) in [5.41, 5.74) is 3.71. The van der Waals surface area contributed by atoms with Crippen molar-refractivity contribution in [2.45, 2.75) is 37.5 Å². The molecule has 0 saturated carbocycles. The zero-order chi connectivity index (χ0) is 18.1. The number of thioether (sulfide) groups is 1. The average molecular weight is 351 g/mol. The molecule has 1 aromatic heterocycles. The van der Waals surface area contributed by atoms with Crippen molar-refractivity contribution < 1.29 is 9.59 Å². The van der Waals surface area contributed by atoms with Gasteiger partial charge in [-0.2, -0.15) is 5.26 Å². The Morgan fingerprint density at radius 3 is 2.52 bits per heavy atom. The predicted octanol–water partition coefficient (Wildman–Crippen LogP) is 3.30. The van der Waals surface area contributed by atoms with Crippen LogP contribution in [0.4, 0.5) is 5.69 Å². The van der Waals surface area contributed by atoms with Gasteiger partial charge in [-0.1, -0.05) is 29.5 Å². The summed E-state index contributed by atoms with van der Waals surface area (Å²) in [5.74, 6) is -0.488. The number of nitrogens with zero attached hydrogens (tertiary/aromatic N) is 3. The molecule has 1 aliphatic heterocycles. The Hall–Kier alpha value is -2.65. The molecule has 5 nitrogen and oxygen atoms in total. The van der Waals surface area contributed by atoms with Gasteiger partial charge in [0, 0.05) is 12.1 Å². The molecule has 2 heterocycles. The fourth-order valence-electron chi connectivity index (χ4n) is 2.82. The summed E-state index contributed by atoms with van der Waals surface area (Å²) in [5, 5.41) is 9.32. The van der Waals surface area contributed by atoms with Gasteiger partial charge in [0.15, 0.2) is 0 Å². The van der Waals surface area contributed by atoms with Gasteiger partial charge < -0.3 is 0 Å². The zero-order valence-electron chi connectivity index (χ0n) is 14.2. The molecule has 2 aromatic rings. The highest BCUT2D eigenvalue weighted by Crippen LogP contribution is 2.35. The van der Waals surface area contributed by atoms with E-state index in [0.29, 0.717) is 16.3 Å². The molecule has 1 aliphatic rings. The van der Waals surface area contributed by atoms with Gasteiger partial charge in [0.25, 0.3) is 0 Å². The molecule has 2 amide bonds. The number of hydrogen-bond donors (Lipinski definition) is 0. The van der Waals surface area contributed by atoms with E-state index in [1.54, 1.807) is 12.1 Å². The maximum Gasteiger partial charge on any atom is 0.247 e. The summed E-state index contributed by atoms with van der Waals surface area (Å²) in [4.78, 5) is 30.7. The van der Waals surface area contributed by atoms with Crippen molar-refractivity contribution in [3.05, 3.63) is 52.7 Å². The van der Waals surface area contributed by atoms with Crippen molar-refractivity contribution in [3.63, 3.8) is 0 Å². The van der Waals surface area contributed by atoms with Gasteiger partial charge in [-0.15, -0.1) is 0 Å². The van der Waals surface area contributed by atoms with Crippen molar-refractivity contribution in [2.75, 3.05) is 4.90 Å². The van der Waals surface area contributed by atoms with E-state index in [4.69, 9.17) is 0 Å². The molecule has 1 saturated heterocycles. The minimum atomic E-state index is -0.561. The lowest BCUT2D eigenvalue weighted by molar-refractivity contribution is -0.121. The van der Waals surface area contributed by atoms with E-state index in [-0.39, 0.29) is 18.2 Å². The first-order valence-corrected chi connectivity index (χ1v) is 8.77. The first kappa shape index (κ1) is 17.2. The topological polar surface area (TPSA) is 74.1 Å². The van der Waals surface area contributed by atoms with Gasteiger partial charge in [0.05, 0.1) is 16.5 Å². The third kappa shape index (κ3) is 3.28. The monoisotopic (exact) mass is 351 g/mol. The van der Waals surface area contributed by atoms with Gasteiger partial charge in [-0.25, -0.2) is 9.88 Å². The van der Waals surface area contributed by atoms with Crippen LogP contribution in [0.15, 0.2) is 35.4 Å². The molecule has 3 rings (SSSR count). The molecule has 0 radical (unpaired) electrons. The second-order valence-electron chi connectivity index (χ2n) is 6.09. The third-order valence-corrected chi connectivity index (χ3v) is 5.25. The summed E-state index contributed by atoms with van der Waals surface area (Å²) in [7, 11) is 0. The highest BCUT2D eigenvalue weighted by molar-refractivity contribution is 8.00. The minimum absolute atomic E-state index is 0.108. The predicted molar refractivity (Wildman–Crippen MR) is 96.4 cm³/mol. The van der Waals surface area contributed by atoms with E-state index in [9.17, 15) is 14.9 Å². The van der Waals surface area contributed by atoms with Crippen molar-refractivity contribution in [1.82, 2.24) is 4.98 Å². The zero-order valence-corrected chi connectivity index (χ0v) is 15.1. The molecule has 0 aliphatic carbocycles. The maximum absolute atomic E-state index is 12.7. The van der Waals surface area contributed by atoms with Crippen molar-refractivity contribution in [1.29, 1.82) is 5.26 Å². The van der Waals surface area contributed by atoms with Crippen LogP contribution < -0.4 is 4.90 Å².